The Labute approximate surface area is 118 Å². The summed E-state index contributed by atoms with van der Waals surface area (Å²) in [5.41, 5.74) is 3.57. The van der Waals surface area contributed by atoms with Gasteiger partial charge in [-0.1, -0.05) is 0 Å². The van der Waals surface area contributed by atoms with E-state index in [9.17, 15) is 4.79 Å². The SMILES string of the molecule is Cc1cc(C(=O)CCl)c(C)n1-c1cnn(C(C)C)c1. The van der Waals surface area contributed by atoms with E-state index < -0.39 is 0 Å². The summed E-state index contributed by atoms with van der Waals surface area (Å²) in [6, 6.07) is 2.20. The first-order valence-corrected chi connectivity index (χ1v) is 6.81. The fourth-order valence-electron chi connectivity index (χ4n) is 2.24. The maximum Gasteiger partial charge on any atom is 0.179 e. The molecule has 0 atom stereocenters. The van der Waals surface area contributed by atoms with Crippen LogP contribution in [0.1, 0.15) is 41.6 Å². The molecule has 102 valence electrons. The molecule has 2 rings (SSSR count). The van der Waals surface area contributed by atoms with Crippen molar-refractivity contribution in [1.82, 2.24) is 14.3 Å². The molecule has 0 spiro atoms. The third kappa shape index (κ3) is 2.45. The molecule has 0 amide bonds. The topological polar surface area (TPSA) is 39.8 Å². The first-order valence-electron chi connectivity index (χ1n) is 6.28. The van der Waals surface area contributed by atoms with E-state index in [1.54, 1.807) is 0 Å². The first kappa shape index (κ1) is 13.9. The predicted octanol–water partition coefficient (Wildman–Crippen LogP) is 3.29. The molecule has 0 aromatic carbocycles. The smallest absolute Gasteiger partial charge is 0.179 e. The van der Waals surface area contributed by atoms with Crippen LogP contribution in [0, 0.1) is 13.8 Å². The van der Waals surface area contributed by atoms with Gasteiger partial charge in [-0.25, -0.2) is 0 Å². The summed E-state index contributed by atoms with van der Waals surface area (Å²) in [6.07, 6.45) is 3.80. The molecular formula is C14H18ClN3O. The normalized spacial score (nSPS) is 11.3. The second kappa shape index (κ2) is 5.21. The van der Waals surface area contributed by atoms with Crippen LogP contribution >= 0.6 is 11.6 Å². The third-order valence-electron chi connectivity index (χ3n) is 3.23. The van der Waals surface area contributed by atoms with Crippen molar-refractivity contribution in [2.24, 2.45) is 0 Å². The van der Waals surface area contributed by atoms with Crippen molar-refractivity contribution in [2.45, 2.75) is 33.7 Å². The number of carbonyl (C=O) groups is 1. The van der Waals surface area contributed by atoms with E-state index in [0.717, 1.165) is 17.1 Å². The Morgan fingerprint density at radius 3 is 2.63 bits per heavy atom. The highest BCUT2D eigenvalue weighted by molar-refractivity contribution is 6.30. The number of ketones is 1. The van der Waals surface area contributed by atoms with Gasteiger partial charge < -0.3 is 4.57 Å². The number of hydrogen-bond acceptors (Lipinski definition) is 2. The number of aromatic nitrogens is 3. The Kier molecular flexibility index (Phi) is 3.80. The zero-order chi connectivity index (χ0) is 14.2. The van der Waals surface area contributed by atoms with Crippen molar-refractivity contribution in [1.29, 1.82) is 0 Å². The largest absolute Gasteiger partial charge is 0.315 e. The molecule has 0 saturated carbocycles. The summed E-state index contributed by atoms with van der Waals surface area (Å²) >= 11 is 5.64. The number of halogens is 1. The molecule has 0 aliphatic rings. The van der Waals surface area contributed by atoms with E-state index in [1.807, 2.05) is 41.6 Å². The predicted molar refractivity (Wildman–Crippen MR) is 76.5 cm³/mol. The fourth-order valence-corrected chi connectivity index (χ4v) is 2.38. The number of hydrogen-bond donors (Lipinski definition) is 0. The van der Waals surface area contributed by atoms with Gasteiger partial charge in [-0.05, 0) is 33.8 Å². The zero-order valence-corrected chi connectivity index (χ0v) is 12.4. The Morgan fingerprint density at radius 2 is 2.11 bits per heavy atom. The minimum atomic E-state index is -0.0442. The van der Waals surface area contributed by atoms with E-state index in [2.05, 4.69) is 18.9 Å². The number of aryl methyl sites for hydroxylation is 1. The van der Waals surface area contributed by atoms with Crippen molar-refractivity contribution in [3.8, 4) is 5.69 Å². The van der Waals surface area contributed by atoms with Crippen LogP contribution in [-0.2, 0) is 0 Å². The monoisotopic (exact) mass is 279 g/mol. The van der Waals surface area contributed by atoms with Crippen LogP contribution in [0.2, 0.25) is 0 Å². The summed E-state index contributed by atoms with van der Waals surface area (Å²) < 4.78 is 3.93. The van der Waals surface area contributed by atoms with Crippen LogP contribution in [0.5, 0.6) is 0 Å². The molecule has 2 heterocycles. The van der Waals surface area contributed by atoms with Crippen LogP contribution in [0.25, 0.3) is 5.69 Å². The van der Waals surface area contributed by atoms with Gasteiger partial charge >= 0.3 is 0 Å². The summed E-state index contributed by atoms with van der Waals surface area (Å²) in [5, 5.41) is 4.33. The van der Waals surface area contributed by atoms with Crippen molar-refractivity contribution in [3.05, 3.63) is 35.4 Å². The first-order chi connectivity index (χ1) is 8.95. The van der Waals surface area contributed by atoms with E-state index in [4.69, 9.17) is 11.6 Å². The molecule has 19 heavy (non-hydrogen) atoms. The number of Topliss-reactive ketones (excluding diaryl/α,β-unsaturated/α-hetero) is 1. The van der Waals surface area contributed by atoms with Crippen LogP contribution in [0.4, 0.5) is 0 Å². The van der Waals surface area contributed by atoms with Gasteiger partial charge in [0.1, 0.15) is 0 Å². The standard InChI is InChI=1S/C14H18ClN3O/c1-9(2)17-8-12(7-16-17)18-10(3)5-13(11(18)4)14(19)6-15/h5,7-9H,6H2,1-4H3. The van der Waals surface area contributed by atoms with Gasteiger partial charge in [0, 0.05) is 29.2 Å². The summed E-state index contributed by atoms with van der Waals surface area (Å²) in [7, 11) is 0. The third-order valence-corrected chi connectivity index (χ3v) is 3.47. The van der Waals surface area contributed by atoms with Crippen LogP contribution in [-0.4, -0.2) is 26.0 Å². The molecule has 0 aliphatic carbocycles. The zero-order valence-electron chi connectivity index (χ0n) is 11.6. The molecule has 4 nitrogen and oxygen atoms in total. The average Bonchev–Trinajstić information content (AvgIpc) is 2.93. The molecule has 2 aromatic heterocycles. The van der Waals surface area contributed by atoms with Gasteiger partial charge in [0.05, 0.1) is 17.8 Å². The Bertz CT molecular complexity index is 610. The van der Waals surface area contributed by atoms with Crippen molar-refractivity contribution < 1.29 is 4.79 Å². The fraction of sp³-hybridized carbons (Fsp3) is 0.429. The summed E-state index contributed by atoms with van der Waals surface area (Å²) in [6.45, 7) is 8.06. The average molecular weight is 280 g/mol. The van der Waals surface area contributed by atoms with Crippen LogP contribution < -0.4 is 0 Å². The number of alkyl halides is 1. The number of carbonyl (C=O) groups excluding carboxylic acids is 1. The van der Waals surface area contributed by atoms with Gasteiger partial charge in [-0.2, -0.15) is 5.10 Å². The van der Waals surface area contributed by atoms with Crippen LogP contribution in [0.3, 0.4) is 0 Å². The Balaban J connectivity index is 2.50. The van der Waals surface area contributed by atoms with Gasteiger partial charge in [-0.3, -0.25) is 9.48 Å². The number of nitrogens with zero attached hydrogens (tertiary/aromatic N) is 3. The number of rotatable bonds is 4. The minimum absolute atomic E-state index is 0.00947. The molecule has 0 aliphatic heterocycles. The molecule has 0 N–H and O–H groups in total. The van der Waals surface area contributed by atoms with Crippen molar-refractivity contribution in [3.63, 3.8) is 0 Å². The van der Waals surface area contributed by atoms with Crippen molar-refractivity contribution >= 4 is 17.4 Å². The molecular weight excluding hydrogens is 262 g/mol. The van der Waals surface area contributed by atoms with Gasteiger partial charge in [-0.15, -0.1) is 11.6 Å². The molecule has 0 unspecified atom stereocenters. The summed E-state index contributed by atoms with van der Waals surface area (Å²) in [5.74, 6) is -0.0347. The van der Waals surface area contributed by atoms with Crippen molar-refractivity contribution in [2.75, 3.05) is 5.88 Å². The lowest BCUT2D eigenvalue weighted by Gasteiger charge is -2.07. The van der Waals surface area contributed by atoms with E-state index in [0.29, 0.717) is 11.6 Å². The van der Waals surface area contributed by atoms with Crippen LogP contribution in [0.15, 0.2) is 18.5 Å². The maximum absolute atomic E-state index is 11.8. The lowest BCUT2D eigenvalue weighted by molar-refractivity contribution is 0.102. The lowest BCUT2D eigenvalue weighted by Crippen LogP contribution is -2.04. The molecule has 2 aromatic rings. The highest BCUT2D eigenvalue weighted by Crippen LogP contribution is 2.21. The summed E-state index contributed by atoms with van der Waals surface area (Å²) in [4.78, 5) is 11.8. The van der Waals surface area contributed by atoms with E-state index in [-0.39, 0.29) is 11.7 Å². The Hall–Kier alpha value is -1.55. The quantitative estimate of drug-likeness (QED) is 0.636. The molecule has 0 bridgehead atoms. The molecule has 0 fully saturated rings. The van der Waals surface area contributed by atoms with E-state index >= 15 is 0 Å². The molecule has 5 heteroatoms. The lowest BCUT2D eigenvalue weighted by atomic mass is 10.2. The molecule has 0 saturated heterocycles. The second-order valence-corrected chi connectivity index (χ2v) is 5.22. The second-order valence-electron chi connectivity index (χ2n) is 4.95. The highest BCUT2D eigenvalue weighted by Gasteiger charge is 2.16. The van der Waals surface area contributed by atoms with E-state index in [1.165, 1.54) is 0 Å². The highest BCUT2D eigenvalue weighted by atomic mass is 35.5. The minimum Gasteiger partial charge on any atom is -0.315 e. The Morgan fingerprint density at radius 1 is 1.42 bits per heavy atom. The maximum atomic E-state index is 11.8. The van der Waals surface area contributed by atoms with Gasteiger partial charge in [0.15, 0.2) is 5.78 Å². The van der Waals surface area contributed by atoms with Gasteiger partial charge in [0.2, 0.25) is 0 Å². The van der Waals surface area contributed by atoms with Gasteiger partial charge in [0.25, 0.3) is 0 Å². The molecule has 0 radical (unpaired) electrons.